The Balaban J connectivity index is 1.73. The molecule has 1 aliphatic rings. The summed E-state index contributed by atoms with van der Waals surface area (Å²) in [5.74, 6) is -0.411. The second-order valence-electron chi connectivity index (χ2n) is 8.01. The first-order chi connectivity index (χ1) is 15.5. The maximum absolute atomic E-state index is 13.3. The number of carbonyl (C=O) groups is 1. The number of ether oxygens (including phenoxy) is 1. The Labute approximate surface area is 183 Å². The van der Waals surface area contributed by atoms with Crippen molar-refractivity contribution in [2.45, 2.75) is 25.9 Å². The van der Waals surface area contributed by atoms with Crippen molar-refractivity contribution >= 4 is 22.6 Å². The van der Waals surface area contributed by atoms with Crippen LogP contribution >= 0.6 is 0 Å². The molecule has 1 atom stereocenters. The van der Waals surface area contributed by atoms with Crippen molar-refractivity contribution in [1.29, 1.82) is 5.41 Å². The first-order valence-corrected chi connectivity index (χ1v) is 10.6. The van der Waals surface area contributed by atoms with E-state index in [1.165, 1.54) is 10.5 Å². The molecule has 4 aromatic rings. The van der Waals surface area contributed by atoms with Gasteiger partial charge in [-0.05, 0) is 50.1 Å². The number of hydrogen-bond donors (Lipinski definition) is 2. The fourth-order valence-corrected chi connectivity index (χ4v) is 4.05. The van der Waals surface area contributed by atoms with Crippen molar-refractivity contribution < 1.29 is 9.53 Å². The normalized spacial score (nSPS) is 16.0. The van der Waals surface area contributed by atoms with Crippen LogP contribution in [0.5, 0.6) is 0 Å². The molecule has 32 heavy (non-hydrogen) atoms. The van der Waals surface area contributed by atoms with Gasteiger partial charge in [-0.1, -0.05) is 23.8 Å². The highest BCUT2D eigenvalue weighted by Gasteiger charge is 2.21. The molecule has 162 valence electrons. The molecule has 0 radical (unpaired) electrons. The molecule has 2 N–H and O–H groups in total. The SMILES string of the molecule is Cc1ccc(-n2c(=N)c(C(=O)NCC3CCCO3)cc3c(=O)n4ccccc4nc32)cc1. The minimum atomic E-state index is -0.411. The maximum atomic E-state index is 13.3. The van der Waals surface area contributed by atoms with Gasteiger partial charge < -0.3 is 10.1 Å². The predicted octanol–water partition coefficient (Wildman–Crippen LogP) is 2.34. The number of hydrogen-bond acceptors (Lipinski definition) is 5. The third-order valence-electron chi connectivity index (χ3n) is 5.78. The van der Waals surface area contributed by atoms with Crippen LogP contribution in [0.2, 0.25) is 0 Å². The van der Waals surface area contributed by atoms with E-state index in [2.05, 4.69) is 10.3 Å². The van der Waals surface area contributed by atoms with E-state index in [-0.39, 0.29) is 28.1 Å². The van der Waals surface area contributed by atoms with Crippen molar-refractivity contribution in [3.8, 4) is 5.69 Å². The first-order valence-electron chi connectivity index (χ1n) is 10.6. The van der Waals surface area contributed by atoms with Crippen LogP contribution in [0.15, 0.2) is 59.5 Å². The lowest BCUT2D eigenvalue weighted by Gasteiger charge is -2.16. The topological polar surface area (TPSA) is 101 Å². The molecule has 5 rings (SSSR count). The van der Waals surface area contributed by atoms with E-state index in [9.17, 15) is 9.59 Å². The van der Waals surface area contributed by atoms with Crippen LogP contribution in [0.1, 0.15) is 28.8 Å². The molecule has 0 bridgehead atoms. The quantitative estimate of drug-likeness (QED) is 0.486. The summed E-state index contributed by atoms with van der Waals surface area (Å²) in [6, 6.07) is 14.3. The summed E-state index contributed by atoms with van der Waals surface area (Å²) >= 11 is 0. The molecular weight excluding hydrogens is 406 g/mol. The number of fused-ring (bicyclic) bond motifs is 2. The number of rotatable bonds is 4. The maximum Gasteiger partial charge on any atom is 0.267 e. The molecule has 1 unspecified atom stereocenters. The Kier molecular flexibility index (Phi) is 5.07. The van der Waals surface area contributed by atoms with Gasteiger partial charge in [0, 0.05) is 25.0 Å². The molecular formula is C24H23N5O3. The van der Waals surface area contributed by atoms with Gasteiger partial charge in [0.1, 0.15) is 11.1 Å². The lowest BCUT2D eigenvalue weighted by Crippen LogP contribution is -2.37. The standard InChI is InChI=1S/C24H23N5O3/c1-15-7-9-16(10-8-15)29-21(25)18(23(30)26-14-17-5-4-12-32-17)13-19-22(29)27-20-6-2-3-11-28(20)24(19)31/h2-3,6-11,13,17,25H,4-5,12,14H2,1H3,(H,26,30). The van der Waals surface area contributed by atoms with E-state index in [1.807, 2.05) is 31.2 Å². The highest BCUT2D eigenvalue weighted by Crippen LogP contribution is 2.16. The molecule has 0 saturated carbocycles. The van der Waals surface area contributed by atoms with Gasteiger partial charge in [-0.15, -0.1) is 0 Å². The fourth-order valence-electron chi connectivity index (χ4n) is 4.05. The summed E-state index contributed by atoms with van der Waals surface area (Å²) in [6.07, 6.45) is 3.50. The van der Waals surface area contributed by atoms with Crippen molar-refractivity contribution in [2.24, 2.45) is 0 Å². The summed E-state index contributed by atoms with van der Waals surface area (Å²) in [7, 11) is 0. The number of amides is 1. The Hall–Kier alpha value is -3.78. The fraction of sp³-hybridized carbons (Fsp3) is 0.250. The van der Waals surface area contributed by atoms with Crippen molar-refractivity contribution in [3.63, 3.8) is 0 Å². The number of carbonyl (C=O) groups excluding carboxylic acids is 1. The molecule has 4 heterocycles. The Morgan fingerprint density at radius 3 is 2.81 bits per heavy atom. The van der Waals surface area contributed by atoms with E-state index >= 15 is 0 Å². The van der Waals surface area contributed by atoms with Crippen LogP contribution in [0.25, 0.3) is 22.4 Å². The number of benzene rings is 1. The van der Waals surface area contributed by atoms with Crippen molar-refractivity contribution in [2.75, 3.05) is 13.2 Å². The second-order valence-corrected chi connectivity index (χ2v) is 8.01. The minimum Gasteiger partial charge on any atom is -0.376 e. The molecule has 3 aromatic heterocycles. The Morgan fingerprint density at radius 2 is 2.06 bits per heavy atom. The highest BCUT2D eigenvalue weighted by molar-refractivity contribution is 5.97. The largest absolute Gasteiger partial charge is 0.376 e. The van der Waals surface area contributed by atoms with E-state index in [1.54, 1.807) is 29.0 Å². The molecule has 1 aromatic carbocycles. The van der Waals surface area contributed by atoms with Crippen molar-refractivity contribution in [1.82, 2.24) is 19.3 Å². The molecule has 1 amide bonds. The van der Waals surface area contributed by atoms with E-state index in [0.717, 1.165) is 18.4 Å². The summed E-state index contributed by atoms with van der Waals surface area (Å²) in [4.78, 5) is 31.0. The average molecular weight is 429 g/mol. The van der Waals surface area contributed by atoms with Gasteiger partial charge in [0.2, 0.25) is 0 Å². The van der Waals surface area contributed by atoms with Gasteiger partial charge in [-0.25, -0.2) is 4.98 Å². The Bertz CT molecular complexity index is 1450. The molecule has 0 spiro atoms. The number of nitrogens with zero attached hydrogens (tertiary/aromatic N) is 3. The summed E-state index contributed by atoms with van der Waals surface area (Å²) in [6.45, 7) is 3.04. The van der Waals surface area contributed by atoms with Crippen LogP contribution in [0.4, 0.5) is 0 Å². The smallest absolute Gasteiger partial charge is 0.267 e. The molecule has 1 fully saturated rings. The van der Waals surface area contributed by atoms with E-state index < -0.39 is 5.91 Å². The minimum absolute atomic E-state index is 0.0194. The zero-order valence-electron chi connectivity index (χ0n) is 17.7. The number of aryl methyl sites for hydroxylation is 1. The molecule has 1 aliphatic heterocycles. The molecule has 1 saturated heterocycles. The van der Waals surface area contributed by atoms with Gasteiger partial charge in [-0.2, -0.15) is 0 Å². The zero-order valence-corrected chi connectivity index (χ0v) is 17.7. The third kappa shape index (κ3) is 3.48. The van der Waals surface area contributed by atoms with Gasteiger partial charge >= 0.3 is 0 Å². The van der Waals surface area contributed by atoms with Gasteiger partial charge in [0.05, 0.1) is 17.1 Å². The van der Waals surface area contributed by atoms with Crippen LogP contribution in [0, 0.1) is 12.3 Å². The lowest BCUT2D eigenvalue weighted by atomic mass is 10.1. The monoisotopic (exact) mass is 429 g/mol. The number of nitrogens with one attached hydrogen (secondary N) is 2. The summed E-state index contributed by atoms with van der Waals surface area (Å²) in [5, 5.41) is 12.0. The van der Waals surface area contributed by atoms with Gasteiger partial charge in [0.25, 0.3) is 11.5 Å². The van der Waals surface area contributed by atoms with Crippen molar-refractivity contribution in [3.05, 3.63) is 81.7 Å². The molecule has 0 aliphatic carbocycles. The lowest BCUT2D eigenvalue weighted by molar-refractivity contribution is 0.0856. The number of aromatic nitrogens is 3. The molecule has 8 nitrogen and oxygen atoms in total. The highest BCUT2D eigenvalue weighted by atomic mass is 16.5. The third-order valence-corrected chi connectivity index (χ3v) is 5.78. The summed E-state index contributed by atoms with van der Waals surface area (Å²) < 4.78 is 8.58. The second kappa shape index (κ2) is 8.05. The summed E-state index contributed by atoms with van der Waals surface area (Å²) in [5.41, 5.74) is 2.33. The average Bonchev–Trinajstić information content (AvgIpc) is 3.32. The van der Waals surface area contributed by atoms with E-state index in [4.69, 9.17) is 10.1 Å². The predicted molar refractivity (Wildman–Crippen MR) is 120 cm³/mol. The zero-order chi connectivity index (χ0) is 22.2. The number of pyridine rings is 2. The van der Waals surface area contributed by atoms with Crippen LogP contribution in [-0.2, 0) is 4.74 Å². The first kappa shape index (κ1) is 20.1. The molecule has 8 heteroatoms. The van der Waals surface area contributed by atoms with Gasteiger partial charge in [-0.3, -0.25) is 24.0 Å². The van der Waals surface area contributed by atoms with Crippen LogP contribution in [0.3, 0.4) is 0 Å². The van der Waals surface area contributed by atoms with Crippen LogP contribution < -0.4 is 16.4 Å². The van der Waals surface area contributed by atoms with Crippen LogP contribution in [-0.4, -0.2) is 39.1 Å². The van der Waals surface area contributed by atoms with Gasteiger partial charge in [0.15, 0.2) is 5.65 Å². The van der Waals surface area contributed by atoms with E-state index in [0.29, 0.717) is 30.1 Å². The Morgan fingerprint density at radius 1 is 1.25 bits per heavy atom.